The quantitative estimate of drug-likeness (QED) is 0.886. The Morgan fingerprint density at radius 3 is 2.76 bits per heavy atom. The number of halogens is 1. The van der Waals surface area contributed by atoms with E-state index >= 15 is 0 Å². The largest absolute Gasteiger partial charge is 0.446 e. The van der Waals surface area contributed by atoms with E-state index in [0.717, 1.165) is 42.1 Å². The van der Waals surface area contributed by atoms with Crippen LogP contribution >= 0.6 is 0 Å². The van der Waals surface area contributed by atoms with Gasteiger partial charge in [0.15, 0.2) is 0 Å². The molecule has 1 aromatic carbocycles. The smallest absolute Gasteiger partial charge is 0.407 e. The number of benzene rings is 1. The van der Waals surface area contributed by atoms with Gasteiger partial charge in [-0.05, 0) is 49.8 Å². The Balaban J connectivity index is 1.75. The first-order valence-corrected chi connectivity index (χ1v) is 7.33. The summed E-state index contributed by atoms with van der Waals surface area (Å²) in [6, 6.07) is 5.23. The Labute approximate surface area is 122 Å². The topological polar surface area (TPSA) is 54.1 Å². The molecule has 112 valence electrons. The van der Waals surface area contributed by atoms with Crippen molar-refractivity contribution in [2.45, 2.75) is 37.7 Å². The van der Waals surface area contributed by atoms with Crippen LogP contribution in [0.15, 0.2) is 24.4 Å². The third kappa shape index (κ3) is 2.73. The maximum atomic E-state index is 14.2. The van der Waals surface area contributed by atoms with Crippen LogP contribution in [0.4, 0.5) is 9.18 Å². The molecule has 1 amide bonds. The molecule has 2 aromatic rings. The van der Waals surface area contributed by atoms with E-state index in [2.05, 4.69) is 10.3 Å². The molecule has 1 aliphatic rings. The number of carbonyl (C=O) groups excluding carboxylic acids is 1. The highest BCUT2D eigenvalue weighted by molar-refractivity contribution is 5.83. The van der Waals surface area contributed by atoms with E-state index < -0.39 is 6.09 Å². The van der Waals surface area contributed by atoms with Crippen LogP contribution in [0.5, 0.6) is 0 Å². The summed E-state index contributed by atoms with van der Waals surface area (Å²) in [7, 11) is 1.55. The van der Waals surface area contributed by atoms with Gasteiger partial charge in [-0.15, -0.1) is 0 Å². The van der Waals surface area contributed by atoms with E-state index in [1.54, 1.807) is 13.1 Å². The van der Waals surface area contributed by atoms with Crippen LogP contribution in [0.25, 0.3) is 10.9 Å². The monoisotopic (exact) mass is 290 g/mol. The van der Waals surface area contributed by atoms with Crippen LogP contribution in [0.2, 0.25) is 0 Å². The molecule has 3 rings (SSSR count). The molecule has 1 saturated carbocycles. The predicted octanol–water partition coefficient (Wildman–Crippen LogP) is 3.69. The number of hydrogen-bond donors (Lipinski definition) is 2. The number of carbonyl (C=O) groups is 1. The molecule has 0 spiro atoms. The first-order valence-electron chi connectivity index (χ1n) is 7.33. The Kier molecular flexibility index (Phi) is 3.82. The van der Waals surface area contributed by atoms with Crippen molar-refractivity contribution in [3.8, 4) is 0 Å². The SMILES string of the molecule is CNC(=O)OC1CCC(c2c(F)ccc3[nH]ccc23)CC1. The van der Waals surface area contributed by atoms with Gasteiger partial charge < -0.3 is 15.0 Å². The lowest BCUT2D eigenvalue weighted by atomic mass is 9.81. The average Bonchev–Trinajstić information content (AvgIpc) is 2.96. The number of amides is 1. The molecule has 0 aliphatic heterocycles. The summed E-state index contributed by atoms with van der Waals surface area (Å²) >= 11 is 0. The van der Waals surface area contributed by atoms with E-state index in [-0.39, 0.29) is 17.8 Å². The van der Waals surface area contributed by atoms with Crippen molar-refractivity contribution in [3.63, 3.8) is 0 Å². The Hall–Kier alpha value is -2.04. The van der Waals surface area contributed by atoms with Crippen molar-refractivity contribution >= 4 is 17.0 Å². The number of fused-ring (bicyclic) bond motifs is 1. The second-order valence-corrected chi connectivity index (χ2v) is 5.53. The maximum Gasteiger partial charge on any atom is 0.407 e. The van der Waals surface area contributed by atoms with Crippen molar-refractivity contribution in [2.75, 3.05) is 7.05 Å². The second kappa shape index (κ2) is 5.76. The molecule has 1 heterocycles. The third-order valence-electron chi connectivity index (χ3n) is 4.28. The average molecular weight is 290 g/mol. The standard InChI is InChI=1S/C16H19FN2O2/c1-18-16(20)21-11-4-2-10(3-5-11)15-12-8-9-19-14(12)7-6-13(15)17/h6-11,19H,2-5H2,1H3,(H,18,20). The number of rotatable bonds is 2. The lowest BCUT2D eigenvalue weighted by Crippen LogP contribution is -2.29. The lowest BCUT2D eigenvalue weighted by molar-refractivity contribution is 0.0728. The van der Waals surface area contributed by atoms with E-state index in [0.29, 0.717) is 0 Å². The number of aromatic amines is 1. The van der Waals surface area contributed by atoms with Crippen LogP contribution < -0.4 is 5.32 Å². The Bertz CT molecular complexity index is 645. The fraction of sp³-hybridized carbons (Fsp3) is 0.438. The molecule has 1 aromatic heterocycles. The number of nitrogens with one attached hydrogen (secondary N) is 2. The zero-order valence-corrected chi connectivity index (χ0v) is 12.0. The number of hydrogen-bond acceptors (Lipinski definition) is 2. The maximum absolute atomic E-state index is 14.2. The minimum Gasteiger partial charge on any atom is -0.446 e. The molecule has 0 atom stereocenters. The molecule has 2 N–H and O–H groups in total. The van der Waals surface area contributed by atoms with Crippen molar-refractivity contribution < 1.29 is 13.9 Å². The van der Waals surface area contributed by atoms with Gasteiger partial charge in [-0.3, -0.25) is 0 Å². The van der Waals surface area contributed by atoms with Gasteiger partial charge in [-0.25, -0.2) is 9.18 Å². The molecule has 0 unspecified atom stereocenters. The third-order valence-corrected chi connectivity index (χ3v) is 4.28. The highest BCUT2D eigenvalue weighted by Crippen LogP contribution is 2.38. The number of alkyl carbamates (subject to hydrolysis) is 1. The molecule has 21 heavy (non-hydrogen) atoms. The molecule has 1 aliphatic carbocycles. The normalized spacial score (nSPS) is 22.2. The van der Waals surface area contributed by atoms with Gasteiger partial charge in [0.1, 0.15) is 11.9 Å². The molecular formula is C16H19FN2O2. The first-order chi connectivity index (χ1) is 10.2. The van der Waals surface area contributed by atoms with Gasteiger partial charge in [0.2, 0.25) is 0 Å². The van der Waals surface area contributed by atoms with E-state index in [4.69, 9.17) is 4.74 Å². The highest BCUT2D eigenvalue weighted by Gasteiger charge is 2.27. The molecule has 1 fully saturated rings. The molecule has 0 bridgehead atoms. The molecule has 0 radical (unpaired) electrons. The van der Waals surface area contributed by atoms with Crippen LogP contribution in [0.1, 0.15) is 37.2 Å². The van der Waals surface area contributed by atoms with Gasteiger partial charge in [-0.1, -0.05) is 0 Å². The number of H-pyrrole nitrogens is 1. The Morgan fingerprint density at radius 2 is 2.05 bits per heavy atom. The van der Waals surface area contributed by atoms with Crippen LogP contribution in [-0.4, -0.2) is 24.2 Å². The summed E-state index contributed by atoms with van der Waals surface area (Å²) in [6.45, 7) is 0. The van der Waals surface area contributed by atoms with E-state index in [1.165, 1.54) is 6.07 Å². The van der Waals surface area contributed by atoms with Gasteiger partial charge in [0, 0.05) is 29.7 Å². The summed E-state index contributed by atoms with van der Waals surface area (Å²) in [5.74, 6) is 0.0480. The van der Waals surface area contributed by atoms with Gasteiger partial charge in [0.25, 0.3) is 0 Å². The van der Waals surface area contributed by atoms with Gasteiger partial charge in [0.05, 0.1) is 0 Å². The molecule has 5 heteroatoms. The van der Waals surface area contributed by atoms with Crippen molar-refractivity contribution in [1.82, 2.24) is 10.3 Å². The van der Waals surface area contributed by atoms with Gasteiger partial charge in [-0.2, -0.15) is 0 Å². The van der Waals surface area contributed by atoms with Crippen molar-refractivity contribution in [3.05, 3.63) is 35.8 Å². The lowest BCUT2D eigenvalue weighted by Gasteiger charge is -2.29. The second-order valence-electron chi connectivity index (χ2n) is 5.53. The molecule has 0 saturated heterocycles. The summed E-state index contributed by atoms with van der Waals surface area (Å²) < 4.78 is 19.5. The van der Waals surface area contributed by atoms with E-state index in [9.17, 15) is 9.18 Å². The fourth-order valence-electron chi connectivity index (χ4n) is 3.22. The molecule has 4 nitrogen and oxygen atoms in total. The van der Waals surface area contributed by atoms with E-state index in [1.807, 2.05) is 12.3 Å². The van der Waals surface area contributed by atoms with Crippen molar-refractivity contribution in [2.24, 2.45) is 0 Å². The predicted molar refractivity (Wildman–Crippen MR) is 78.8 cm³/mol. The summed E-state index contributed by atoms with van der Waals surface area (Å²) in [4.78, 5) is 14.4. The highest BCUT2D eigenvalue weighted by atomic mass is 19.1. The zero-order valence-electron chi connectivity index (χ0n) is 12.0. The van der Waals surface area contributed by atoms with Crippen LogP contribution in [0.3, 0.4) is 0 Å². The van der Waals surface area contributed by atoms with Crippen LogP contribution in [-0.2, 0) is 4.74 Å². The Morgan fingerprint density at radius 1 is 1.29 bits per heavy atom. The van der Waals surface area contributed by atoms with Crippen LogP contribution in [0, 0.1) is 5.82 Å². The number of ether oxygens (including phenoxy) is 1. The minimum absolute atomic E-state index is 0.0605. The fourth-order valence-corrected chi connectivity index (χ4v) is 3.22. The first kappa shape index (κ1) is 13.9. The molecular weight excluding hydrogens is 271 g/mol. The van der Waals surface area contributed by atoms with Crippen molar-refractivity contribution in [1.29, 1.82) is 0 Å². The minimum atomic E-state index is -0.391. The summed E-state index contributed by atoms with van der Waals surface area (Å²) in [5, 5.41) is 3.42. The summed E-state index contributed by atoms with van der Waals surface area (Å²) in [5.41, 5.74) is 1.77. The zero-order chi connectivity index (χ0) is 14.8. The number of aromatic nitrogens is 1. The van der Waals surface area contributed by atoms with Gasteiger partial charge >= 0.3 is 6.09 Å². The summed E-state index contributed by atoms with van der Waals surface area (Å²) in [6.07, 6.45) is 4.61.